The summed E-state index contributed by atoms with van der Waals surface area (Å²) in [5.74, 6) is -0.196. The van der Waals surface area contributed by atoms with Crippen LogP contribution in [-0.4, -0.2) is 71.3 Å². The standard InChI is InChI=1S/C25H37N7O/c1-24(2)9-7-19(8-10-24)17-29-21(25(3,4)32-14-12-27-13-15-32)6-5-11-28-23(33)22-30-18-20(16-26)31-22/h5-7,18,27H,8-15,17H2,1-4H3,(H,28,33)(H,30,31)/b6-5-,29-21+. The highest BCUT2D eigenvalue weighted by Crippen LogP contribution is 2.34. The maximum Gasteiger partial charge on any atom is 0.287 e. The second-order valence-electron chi connectivity index (χ2n) is 10.1. The average molecular weight is 452 g/mol. The van der Waals surface area contributed by atoms with Gasteiger partial charge >= 0.3 is 0 Å². The van der Waals surface area contributed by atoms with E-state index in [4.69, 9.17) is 10.3 Å². The van der Waals surface area contributed by atoms with Crippen molar-refractivity contribution >= 4 is 11.6 Å². The number of amides is 1. The number of nitriles is 1. The molecular weight excluding hydrogens is 414 g/mol. The number of hydrogen-bond donors (Lipinski definition) is 3. The maximum atomic E-state index is 12.2. The zero-order chi connectivity index (χ0) is 23.9. The fraction of sp³-hybridized carbons (Fsp3) is 0.600. The fourth-order valence-electron chi connectivity index (χ4n) is 4.19. The Kier molecular flexibility index (Phi) is 8.22. The summed E-state index contributed by atoms with van der Waals surface area (Å²) in [6.07, 6.45) is 11.2. The van der Waals surface area contributed by atoms with Gasteiger partial charge in [0.2, 0.25) is 0 Å². The fourth-order valence-corrected chi connectivity index (χ4v) is 4.19. The van der Waals surface area contributed by atoms with Crippen molar-refractivity contribution in [3.63, 3.8) is 0 Å². The number of hydrogen-bond acceptors (Lipinski definition) is 6. The SMILES string of the molecule is CC1(C)CC=C(C/N=C(\C=C/CNC(=O)c2nc(C#N)c[nH]2)C(C)(C)N2CCNCC2)CC1. The van der Waals surface area contributed by atoms with Gasteiger partial charge in [0, 0.05) is 38.9 Å². The first kappa shape index (κ1) is 24.9. The lowest BCUT2D eigenvalue weighted by Gasteiger charge is -2.41. The van der Waals surface area contributed by atoms with Crippen molar-refractivity contribution in [3.8, 4) is 6.07 Å². The number of aromatic amines is 1. The van der Waals surface area contributed by atoms with E-state index in [-0.39, 0.29) is 23.0 Å². The average Bonchev–Trinajstić information content (AvgIpc) is 3.29. The van der Waals surface area contributed by atoms with Crippen LogP contribution < -0.4 is 10.6 Å². The van der Waals surface area contributed by atoms with Gasteiger partial charge in [-0.05, 0) is 44.6 Å². The molecule has 1 aliphatic carbocycles. The summed E-state index contributed by atoms with van der Waals surface area (Å²) in [6.45, 7) is 14.1. The van der Waals surface area contributed by atoms with Gasteiger partial charge in [-0.3, -0.25) is 14.7 Å². The highest BCUT2D eigenvalue weighted by atomic mass is 16.2. The number of allylic oxidation sites excluding steroid dienone is 1. The monoisotopic (exact) mass is 451 g/mol. The van der Waals surface area contributed by atoms with Crippen molar-refractivity contribution in [2.75, 3.05) is 39.3 Å². The van der Waals surface area contributed by atoms with Crippen molar-refractivity contribution in [1.29, 1.82) is 5.26 Å². The van der Waals surface area contributed by atoms with Gasteiger partial charge in [0.1, 0.15) is 6.07 Å². The minimum Gasteiger partial charge on any atom is -0.346 e. The van der Waals surface area contributed by atoms with E-state index in [1.54, 1.807) is 0 Å². The molecule has 8 nitrogen and oxygen atoms in total. The molecule has 0 radical (unpaired) electrons. The smallest absolute Gasteiger partial charge is 0.287 e. The molecule has 8 heteroatoms. The van der Waals surface area contributed by atoms with Gasteiger partial charge in [-0.15, -0.1) is 0 Å². The minimum atomic E-state index is -0.337. The Bertz CT molecular complexity index is 956. The van der Waals surface area contributed by atoms with Crippen LogP contribution >= 0.6 is 0 Å². The van der Waals surface area contributed by atoms with Crippen LogP contribution in [0.3, 0.4) is 0 Å². The molecule has 0 saturated carbocycles. The molecule has 0 bridgehead atoms. The molecule has 1 fully saturated rings. The van der Waals surface area contributed by atoms with Crippen molar-refractivity contribution in [2.24, 2.45) is 10.4 Å². The van der Waals surface area contributed by atoms with E-state index in [2.05, 4.69) is 59.3 Å². The van der Waals surface area contributed by atoms with E-state index in [0.29, 0.717) is 12.0 Å². The number of nitrogens with one attached hydrogen (secondary N) is 3. The molecule has 33 heavy (non-hydrogen) atoms. The summed E-state index contributed by atoms with van der Waals surface area (Å²) >= 11 is 0. The lowest BCUT2D eigenvalue weighted by atomic mass is 9.78. The number of imidazole rings is 1. The van der Waals surface area contributed by atoms with Gasteiger partial charge in [-0.2, -0.15) is 5.26 Å². The van der Waals surface area contributed by atoms with Crippen LogP contribution in [0.2, 0.25) is 0 Å². The molecule has 1 saturated heterocycles. The number of piperazine rings is 1. The van der Waals surface area contributed by atoms with Crippen LogP contribution in [0.25, 0.3) is 0 Å². The highest BCUT2D eigenvalue weighted by Gasteiger charge is 2.32. The maximum absolute atomic E-state index is 12.2. The lowest BCUT2D eigenvalue weighted by Crippen LogP contribution is -2.56. The summed E-state index contributed by atoms with van der Waals surface area (Å²) in [7, 11) is 0. The molecule has 3 rings (SSSR count). The van der Waals surface area contributed by atoms with Crippen molar-refractivity contribution < 1.29 is 4.79 Å². The second kappa shape index (κ2) is 10.9. The van der Waals surface area contributed by atoms with Crippen LogP contribution in [0.4, 0.5) is 0 Å². The topological polar surface area (TPSA) is 109 Å². The molecule has 1 amide bonds. The minimum absolute atomic E-state index is 0.141. The van der Waals surface area contributed by atoms with Crippen LogP contribution in [0.1, 0.15) is 63.3 Å². The van der Waals surface area contributed by atoms with Crippen LogP contribution in [-0.2, 0) is 0 Å². The van der Waals surface area contributed by atoms with Gasteiger partial charge in [-0.1, -0.05) is 31.6 Å². The predicted octanol–water partition coefficient (Wildman–Crippen LogP) is 2.83. The predicted molar refractivity (Wildman–Crippen MR) is 131 cm³/mol. The van der Waals surface area contributed by atoms with Gasteiger partial charge in [0.25, 0.3) is 5.91 Å². The van der Waals surface area contributed by atoms with Gasteiger partial charge in [0.05, 0.1) is 17.8 Å². The van der Waals surface area contributed by atoms with Crippen molar-refractivity contribution in [3.05, 3.63) is 41.5 Å². The molecule has 2 aliphatic rings. The summed E-state index contributed by atoms with van der Waals surface area (Å²) in [6, 6.07) is 1.91. The third-order valence-corrected chi connectivity index (χ3v) is 6.62. The molecule has 0 spiro atoms. The number of aromatic nitrogens is 2. The van der Waals surface area contributed by atoms with E-state index < -0.39 is 0 Å². The molecule has 1 aliphatic heterocycles. The Labute approximate surface area is 197 Å². The number of rotatable bonds is 8. The Morgan fingerprint density at radius 2 is 2.15 bits per heavy atom. The third kappa shape index (κ3) is 6.86. The first-order chi connectivity index (χ1) is 15.7. The second-order valence-corrected chi connectivity index (χ2v) is 10.1. The number of aliphatic imine (C=N–C) groups is 1. The Hall–Kier alpha value is -2.76. The zero-order valence-corrected chi connectivity index (χ0v) is 20.4. The van der Waals surface area contributed by atoms with Gasteiger partial charge in [-0.25, -0.2) is 4.98 Å². The number of H-pyrrole nitrogens is 1. The van der Waals surface area contributed by atoms with E-state index in [9.17, 15) is 4.79 Å². The molecule has 0 unspecified atom stereocenters. The van der Waals surface area contributed by atoms with Crippen molar-refractivity contribution in [1.82, 2.24) is 25.5 Å². The van der Waals surface area contributed by atoms with E-state index in [1.165, 1.54) is 18.2 Å². The van der Waals surface area contributed by atoms with Crippen molar-refractivity contribution in [2.45, 2.75) is 52.5 Å². The quantitative estimate of drug-likeness (QED) is 0.416. The Morgan fingerprint density at radius 1 is 1.39 bits per heavy atom. The molecule has 0 aromatic carbocycles. The van der Waals surface area contributed by atoms with E-state index >= 15 is 0 Å². The van der Waals surface area contributed by atoms with E-state index in [0.717, 1.165) is 51.3 Å². The van der Waals surface area contributed by atoms with Crippen LogP contribution in [0, 0.1) is 16.7 Å². The van der Waals surface area contributed by atoms with Crippen LogP contribution in [0.15, 0.2) is 35.0 Å². The Morgan fingerprint density at radius 3 is 2.79 bits per heavy atom. The molecule has 2 heterocycles. The lowest BCUT2D eigenvalue weighted by molar-refractivity contribution is 0.0948. The van der Waals surface area contributed by atoms with Gasteiger partial charge in [0.15, 0.2) is 11.5 Å². The molecule has 178 valence electrons. The summed E-state index contributed by atoms with van der Waals surface area (Å²) in [4.78, 5) is 26.4. The van der Waals surface area contributed by atoms with Crippen LogP contribution in [0.5, 0.6) is 0 Å². The third-order valence-electron chi connectivity index (χ3n) is 6.62. The molecule has 3 N–H and O–H groups in total. The summed E-state index contributed by atoms with van der Waals surface area (Å²) in [5.41, 5.74) is 2.81. The summed E-state index contributed by atoms with van der Waals surface area (Å²) < 4.78 is 0. The largest absolute Gasteiger partial charge is 0.346 e. The number of carbonyl (C=O) groups excluding carboxylic acids is 1. The zero-order valence-electron chi connectivity index (χ0n) is 20.4. The van der Waals surface area contributed by atoms with E-state index in [1.807, 2.05) is 18.2 Å². The summed E-state index contributed by atoms with van der Waals surface area (Å²) in [5, 5.41) is 15.1. The van der Waals surface area contributed by atoms with Gasteiger partial charge < -0.3 is 15.6 Å². The first-order valence-electron chi connectivity index (χ1n) is 11.8. The normalized spacial score (nSPS) is 19.8. The molecule has 1 aromatic heterocycles. The first-order valence-corrected chi connectivity index (χ1v) is 11.8. The number of carbonyl (C=O) groups is 1. The highest BCUT2D eigenvalue weighted by molar-refractivity contribution is 6.02. The molecule has 1 aromatic rings. The Balaban J connectivity index is 1.68. The molecule has 0 atom stereocenters. The molecular formula is C25H37N7O. The number of nitrogens with zero attached hydrogens (tertiary/aromatic N) is 4.